The molecule has 4 heterocycles. The lowest BCUT2D eigenvalue weighted by atomic mass is 10.1. The predicted octanol–water partition coefficient (Wildman–Crippen LogP) is 1.38. The van der Waals surface area contributed by atoms with Crippen LogP contribution in [0, 0.1) is 0 Å². The second kappa shape index (κ2) is 3.85. The SMILES string of the molecule is CCc1csc(C2CN3CCN2CC3)n1. The third kappa shape index (κ3) is 1.71. The molecule has 0 aromatic carbocycles. The summed E-state index contributed by atoms with van der Waals surface area (Å²) in [5.74, 6) is 0. The van der Waals surface area contributed by atoms with E-state index in [1.165, 1.54) is 43.4 Å². The molecule has 1 unspecified atom stereocenters. The van der Waals surface area contributed by atoms with Crippen molar-refractivity contribution in [3.8, 4) is 0 Å². The molecule has 3 aliphatic heterocycles. The van der Waals surface area contributed by atoms with Gasteiger partial charge >= 0.3 is 0 Å². The summed E-state index contributed by atoms with van der Waals surface area (Å²) in [5.41, 5.74) is 1.26. The minimum absolute atomic E-state index is 0.581. The minimum atomic E-state index is 0.581. The quantitative estimate of drug-likeness (QED) is 0.755. The Morgan fingerprint density at radius 3 is 2.73 bits per heavy atom. The molecule has 3 nitrogen and oxygen atoms in total. The van der Waals surface area contributed by atoms with Crippen molar-refractivity contribution in [2.75, 3.05) is 32.7 Å². The Balaban J connectivity index is 1.81. The van der Waals surface area contributed by atoms with Gasteiger partial charge in [-0.25, -0.2) is 4.98 Å². The Hall–Kier alpha value is -0.450. The van der Waals surface area contributed by atoms with Crippen molar-refractivity contribution in [3.05, 3.63) is 16.1 Å². The van der Waals surface area contributed by atoms with Crippen molar-refractivity contribution in [2.24, 2.45) is 0 Å². The smallest absolute Gasteiger partial charge is 0.111 e. The fourth-order valence-electron chi connectivity index (χ4n) is 2.49. The first kappa shape index (κ1) is 9.75. The predicted molar refractivity (Wildman–Crippen MR) is 62.2 cm³/mol. The molecule has 82 valence electrons. The second-order valence-corrected chi connectivity index (χ2v) is 5.27. The molecule has 4 rings (SSSR count). The Labute approximate surface area is 94.7 Å². The molecule has 1 atom stereocenters. The first-order valence-corrected chi connectivity index (χ1v) is 6.65. The molecular weight excluding hydrogens is 206 g/mol. The lowest BCUT2D eigenvalue weighted by Crippen LogP contribution is -2.56. The van der Waals surface area contributed by atoms with Gasteiger partial charge in [-0.15, -0.1) is 11.3 Å². The monoisotopic (exact) mass is 223 g/mol. The molecule has 1 aromatic heterocycles. The van der Waals surface area contributed by atoms with Crippen LogP contribution in [0.1, 0.15) is 23.7 Å². The maximum Gasteiger partial charge on any atom is 0.111 e. The number of aryl methyl sites for hydroxylation is 1. The lowest BCUT2D eigenvalue weighted by Gasteiger charge is -2.46. The molecule has 3 fully saturated rings. The standard InChI is InChI=1S/C11H17N3S/c1-2-9-8-15-11(12-9)10-7-13-3-5-14(10)6-4-13/h8,10H,2-7H2,1H3. The van der Waals surface area contributed by atoms with Crippen molar-refractivity contribution in [1.82, 2.24) is 14.8 Å². The summed E-state index contributed by atoms with van der Waals surface area (Å²) in [5, 5.41) is 3.55. The summed E-state index contributed by atoms with van der Waals surface area (Å²) in [6.45, 7) is 8.33. The topological polar surface area (TPSA) is 19.4 Å². The summed E-state index contributed by atoms with van der Waals surface area (Å²) in [6.07, 6.45) is 1.06. The summed E-state index contributed by atoms with van der Waals surface area (Å²) in [4.78, 5) is 9.88. The third-order valence-corrected chi connectivity index (χ3v) is 4.49. The van der Waals surface area contributed by atoms with E-state index in [4.69, 9.17) is 4.98 Å². The van der Waals surface area contributed by atoms with Gasteiger partial charge in [0.2, 0.25) is 0 Å². The summed E-state index contributed by atoms with van der Waals surface area (Å²) < 4.78 is 0. The van der Waals surface area contributed by atoms with Crippen molar-refractivity contribution >= 4 is 11.3 Å². The van der Waals surface area contributed by atoms with Gasteiger partial charge in [-0.3, -0.25) is 9.80 Å². The molecular formula is C11H17N3S. The number of thiazole rings is 1. The van der Waals surface area contributed by atoms with Gasteiger partial charge in [-0.05, 0) is 6.42 Å². The zero-order valence-corrected chi connectivity index (χ0v) is 9.96. The molecule has 1 aromatic rings. The molecule has 3 aliphatic rings. The number of hydrogen-bond donors (Lipinski definition) is 0. The molecule has 0 saturated carbocycles. The summed E-state index contributed by atoms with van der Waals surface area (Å²) >= 11 is 1.84. The van der Waals surface area contributed by atoms with Crippen LogP contribution in [0.5, 0.6) is 0 Å². The molecule has 3 saturated heterocycles. The largest absolute Gasteiger partial charge is 0.299 e. The van der Waals surface area contributed by atoms with E-state index >= 15 is 0 Å². The van der Waals surface area contributed by atoms with Crippen LogP contribution in [0.4, 0.5) is 0 Å². The molecule has 0 amide bonds. The van der Waals surface area contributed by atoms with Crippen molar-refractivity contribution in [1.29, 1.82) is 0 Å². The van der Waals surface area contributed by atoms with Crippen LogP contribution in [0.25, 0.3) is 0 Å². The van der Waals surface area contributed by atoms with Crippen LogP contribution >= 0.6 is 11.3 Å². The third-order valence-electron chi connectivity index (χ3n) is 3.50. The van der Waals surface area contributed by atoms with E-state index in [-0.39, 0.29) is 0 Å². The number of rotatable bonds is 2. The number of fused-ring (bicyclic) bond motifs is 3. The molecule has 2 bridgehead atoms. The van der Waals surface area contributed by atoms with Crippen LogP contribution < -0.4 is 0 Å². The average Bonchev–Trinajstić information content (AvgIpc) is 2.79. The van der Waals surface area contributed by atoms with Crippen molar-refractivity contribution in [3.63, 3.8) is 0 Å². The fraction of sp³-hybridized carbons (Fsp3) is 0.727. The number of nitrogens with zero attached hydrogens (tertiary/aromatic N) is 3. The van der Waals surface area contributed by atoms with E-state index in [0.29, 0.717) is 6.04 Å². The van der Waals surface area contributed by atoms with Crippen molar-refractivity contribution in [2.45, 2.75) is 19.4 Å². The molecule has 15 heavy (non-hydrogen) atoms. The Morgan fingerprint density at radius 2 is 2.20 bits per heavy atom. The first-order valence-electron chi connectivity index (χ1n) is 5.77. The average molecular weight is 223 g/mol. The van der Waals surface area contributed by atoms with Crippen molar-refractivity contribution < 1.29 is 0 Å². The van der Waals surface area contributed by atoms with Gasteiger partial charge in [0, 0.05) is 38.1 Å². The minimum Gasteiger partial charge on any atom is -0.299 e. The van der Waals surface area contributed by atoms with Crippen LogP contribution in [0.3, 0.4) is 0 Å². The second-order valence-electron chi connectivity index (χ2n) is 4.38. The fourth-order valence-corrected chi connectivity index (χ4v) is 3.52. The summed E-state index contributed by atoms with van der Waals surface area (Å²) in [6, 6.07) is 0.581. The Bertz CT molecular complexity index is 341. The first-order chi connectivity index (χ1) is 7.36. The highest BCUT2D eigenvalue weighted by molar-refractivity contribution is 7.09. The van der Waals surface area contributed by atoms with E-state index in [2.05, 4.69) is 22.1 Å². The highest BCUT2D eigenvalue weighted by Gasteiger charge is 2.34. The van der Waals surface area contributed by atoms with E-state index in [9.17, 15) is 0 Å². The Morgan fingerprint density at radius 1 is 1.40 bits per heavy atom. The summed E-state index contributed by atoms with van der Waals surface area (Å²) in [7, 11) is 0. The highest BCUT2D eigenvalue weighted by atomic mass is 32.1. The normalized spacial score (nSPS) is 34.6. The van der Waals surface area contributed by atoms with Crippen LogP contribution in [-0.4, -0.2) is 47.5 Å². The molecule has 4 heteroatoms. The highest BCUT2D eigenvalue weighted by Crippen LogP contribution is 2.30. The Kier molecular flexibility index (Phi) is 2.50. The van der Waals surface area contributed by atoms with Gasteiger partial charge in [0.15, 0.2) is 0 Å². The van der Waals surface area contributed by atoms with E-state index in [1.807, 2.05) is 11.3 Å². The molecule has 0 N–H and O–H groups in total. The maximum absolute atomic E-state index is 4.72. The number of hydrogen-bond acceptors (Lipinski definition) is 4. The van der Waals surface area contributed by atoms with Crippen LogP contribution in [0.2, 0.25) is 0 Å². The van der Waals surface area contributed by atoms with Gasteiger partial charge in [0.1, 0.15) is 5.01 Å². The lowest BCUT2D eigenvalue weighted by molar-refractivity contribution is 0.0122. The van der Waals surface area contributed by atoms with Gasteiger partial charge < -0.3 is 0 Å². The van der Waals surface area contributed by atoms with E-state index < -0.39 is 0 Å². The van der Waals surface area contributed by atoms with Gasteiger partial charge in [0.25, 0.3) is 0 Å². The zero-order valence-electron chi connectivity index (χ0n) is 9.15. The van der Waals surface area contributed by atoms with E-state index in [1.54, 1.807) is 0 Å². The van der Waals surface area contributed by atoms with Crippen LogP contribution in [0.15, 0.2) is 5.38 Å². The maximum atomic E-state index is 4.72. The van der Waals surface area contributed by atoms with Gasteiger partial charge in [0.05, 0.1) is 11.7 Å². The number of aromatic nitrogens is 1. The van der Waals surface area contributed by atoms with Crippen LogP contribution in [-0.2, 0) is 6.42 Å². The zero-order chi connectivity index (χ0) is 10.3. The van der Waals surface area contributed by atoms with E-state index in [0.717, 1.165) is 6.42 Å². The molecule has 0 radical (unpaired) electrons. The number of piperazine rings is 3. The molecule has 0 spiro atoms. The van der Waals surface area contributed by atoms with Gasteiger partial charge in [-0.2, -0.15) is 0 Å². The van der Waals surface area contributed by atoms with Gasteiger partial charge in [-0.1, -0.05) is 6.92 Å². The molecule has 0 aliphatic carbocycles.